The second-order valence-electron chi connectivity index (χ2n) is 4.77. The van der Waals surface area contributed by atoms with Crippen molar-refractivity contribution in [2.45, 2.75) is 12.8 Å². The van der Waals surface area contributed by atoms with Crippen LogP contribution >= 0.6 is 0 Å². The highest BCUT2D eigenvalue weighted by molar-refractivity contribution is 6.05. The van der Waals surface area contributed by atoms with E-state index in [1.807, 2.05) is 18.2 Å². The third-order valence-corrected chi connectivity index (χ3v) is 3.49. The number of carbonyl (C=O) groups is 1. The number of benzene rings is 1. The number of nitrogens with two attached hydrogens (primary N) is 1. The average Bonchev–Trinajstić information content (AvgIpc) is 2.77. The molecule has 0 saturated carbocycles. The van der Waals surface area contributed by atoms with Gasteiger partial charge in [-0.05, 0) is 24.5 Å². The van der Waals surface area contributed by atoms with E-state index in [0.29, 0.717) is 11.5 Å². The molecule has 2 heterocycles. The van der Waals surface area contributed by atoms with Gasteiger partial charge in [-0.15, -0.1) is 0 Å². The van der Waals surface area contributed by atoms with E-state index >= 15 is 0 Å². The maximum Gasteiger partial charge on any atom is 0.278 e. The molecule has 1 amide bonds. The highest BCUT2D eigenvalue weighted by Crippen LogP contribution is 2.28. The molecule has 0 aliphatic carbocycles. The highest BCUT2D eigenvalue weighted by atomic mass is 16.2. The first-order valence-electron chi connectivity index (χ1n) is 6.36. The fourth-order valence-electron chi connectivity index (χ4n) is 2.47. The van der Waals surface area contributed by atoms with Crippen LogP contribution in [0.3, 0.4) is 0 Å². The van der Waals surface area contributed by atoms with Crippen LogP contribution in [0, 0.1) is 0 Å². The summed E-state index contributed by atoms with van der Waals surface area (Å²) in [5.41, 5.74) is 8.33. The molecular formula is C14H16N4O. The number of anilines is 2. The summed E-state index contributed by atoms with van der Waals surface area (Å²) in [6, 6.07) is 9.64. The minimum atomic E-state index is -0.0838. The van der Waals surface area contributed by atoms with Crippen molar-refractivity contribution in [2.24, 2.45) is 7.05 Å². The summed E-state index contributed by atoms with van der Waals surface area (Å²) < 4.78 is 1.52. The van der Waals surface area contributed by atoms with Gasteiger partial charge in [0.15, 0.2) is 5.69 Å². The Balaban J connectivity index is 1.97. The van der Waals surface area contributed by atoms with E-state index in [2.05, 4.69) is 11.2 Å². The fraction of sp³-hybridized carbons (Fsp3) is 0.286. The van der Waals surface area contributed by atoms with Crippen LogP contribution in [0.1, 0.15) is 22.5 Å². The van der Waals surface area contributed by atoms with Gasteiger partial charge in [0.05, 0.1) is 0 Å². The lowest BCUT2D eigenvalue weighted by Gasteiger charge is -2.28. The fourth-order valence-corrected chi connectivity index (χ4v) is 2.47. The third kappa shape index (κ3) is 1.97. The van der Waals surface area contributed by atoms with E-state index in [0.717, 1.165) is 25.1 Å². The number of amides is 1. The molecule has 5 nitrogen and oxygen atoms in total. The molecule has 0 fully saturated rings. The molecule has 19 heavy (non-hydrogen) atoms. The number of fused-ring (bicyclic) bond motifs is 1. The van der Waals surface area contributed by atoms with Gasteiger partial charge in [-0.2, -0.15) is 5.10 Å². The summed E-state index contributed by atoms with van der Waals surface area (Å²) in [6.07, 6.45) is 2.00. The van der Waals surface area contributed by atoms with Crippen LogP contribution in [0.15, 0.2) is 30.3 Å². The number of carbonyl (C=O) groups excluding carboxylic acids is 1. The predicted molar refractivity (Wildman–Crippen MR) is 74.1 cm³/mol. The van der Waals surface area contributed by atoms with Crippen molar-refractivity contribution >= 4 is 17.4 Å². The summed E-state index contributed by atoms with van der Waals surface area (Å²) in [5.74, 6) is 0.410. The topological polar surface area (TPSA) is 64.2 Å². The van der Waals surface area contributed by atoms with Crippen LogP contribution in [0.5, 0.6) is 0 Å². The number of nitrogens with zero attached hydrogens (tertiary/aromatic N) is 3. The molecule has 1 aromatic heterocycles. The average molecular weight is 256 g/mol. The normalized spacial score (nSPS) is 14.3. The van der Waals surface area contributed by atoms with E-state index < -0.39 is 0 Å². The van der Waals surface area contributed by atoms with Crippen molar-refractivity contribution in [2.75, 3.05) is 17.2 Å². The SMILES string of the molecule is Cn1nc(C(=O)N2CCCc3ccccc32)cc1N. The van der Waals surface area contributed by atoms with Gasteiger partial charge in [-0.1, -0.05) is 18.2 Å². The molecule has 1 aromatic carbocycles. The molecule has 0 atom stereocenters. The van der Waals surface area contributed by atoms with Gasteiger partial charge in [0.25, 0.3) is 5.91 Å². The molecule has 3 rings (SSSR count). The smallest absolute Gasteiger partial charge is 0.278 e. The Labute approximate surface area is 111 Å². The lowest BCUT2D eigenvalue weighted by molar-refractivity contribution is 0.0979. The molecule has 0 bridgehead atoms. The van der Waals surface area contributed by atoms with Crippen LogP contribution < -0.4 is 10.6 Å². The van der Waals surface area contributed by atoms with E-state index in [1.165, 1.54) is 10.2 Å². The Morgan fingerprint density at radius 3 is 2.89 bits per heavy atom. The van der Waals surface area contributed by atoms with Crippen molar-refractivity contribution < 1.29 is 4.79 Å². The highest BCUT2D eigenvalue weighted by Gasteiger charge is 2.25. The Bertz CT molecular complexity index is 613. The van der Waals surface area contributed by atoms with Crippen molar-refractivity contribution in [3.8, 4) is 0 Å². The molecule has 1 aliphatic heterocycles. The maximum atomic E-state index is 12.5. The molecule has 2 N–H and O–H groups in total. The van der Waals surface area contributed by atoms with Crippen molar-refractivity contribution in [3.05, 3.63) is 41.6 Å². The molecule has 98 valence electrons. The van der Waals surface area contributed by atoms with Crippen LogP contribution in [0.2, 0.25) is 0 Å². The van der Waals surface area contributed by atoms with Crippen molar-refractivity contribution in [3.63, 3.8) is 0 Å². The summed E-state index contributed by atoms with van der Waals surface area (Å²) in [6.45, 7) is 0.728. The maximum absolute atomic E-state index is 12.5. The zero-order valence-corrected chi connectivity index (χ0v) is 10.8. The second kappa shape index (κ2) is 4.42. The number of nitrogen functional groups attached to an aromatic ring is 1. The minimum Gasteiger partial charge on any atom is -0.384 e. The molecule has 0 unspecified atom stereocenters. The lowest BCUT2D eigenvalue weighted by atomic mass is 10.0. The predicted octanol–water partition coefficient (Wildman–Crippen LogP) is 1.60. The Hall–Kier alpha value is -2.30. The van der Waals surface area contributed by atoms with Gasteiger partial charge < -0.3 is 10.6 Å². The largest absolute Gasteiger partial charge is 0.384 e. The molecular weight excluding hydrogens is 240 g/mol. The quantitative estimate of drug-likeness (QED) is 0.842. The van der Waals surface area contributed by atoms with Crippen LogP contribution in [0.4, 0.5) is 11.5 Å². The summed E-state index contributed by atoms with van der Waals surface area (Å²) in [7, 11) is 1.73. The molecule has 5 heteroatoms. The van der Waals surface area contributed by atoms with E-state index in [-0.39, 0.29) is 5.91 Å². The van der Waals surface area contributed by atoms with E-state index in [1.54, 1.807) is 18.0 Å². The standard InChI is InChI=1S/C14H16N4O/c1-17-13(15)9-11(16-17)14(19)18-8-4-6-10-5-2-3-7-12(10)18/h2-3,5,7,9H,4,6,8,15H2,1H3. The van der Waals surface area contributed by atoms with E-state index in [9.17, 15) is 4.79 Å². The molecule has 2 aromatic rings. The molecule has 0 radical (unpaired) electrons. The van der Waals surface area contributed by atoms with Gasteiger partial charge in [-0.3, -0.25) is 9.48 Å². The number of aromatic nitrogens is 2. The monoisotopic (exact) mass is 256 g/mol. The number of hydrogen-bond acceptors (Lipinski definition) is 3. The zero-order chi connectivity index (χ0) is 13.4. The number of aryl methyl sites for hydroxylation is 2. The Kier molecular flexibility index (Phi) is 2.74. The zero-order valence-electron chi connectivity index (χ0n) is 10.8. The van der Waals surface area contributed by atoms with Gasteiger partial charge >= 0.3 is 0 Å². The molecule has 0 spiro atoms. The van der Waals surface area contributed by atoms with Crippen LogP contribution in [0.25, 0.3) is 0 Å². The van der Waals surface area contributed by atoms with Crippen LogP contribution in [-0.4, -0.2) is 22.2 Å². The number of hydrogen-bond donors (Lipinski definition) is 1. The first-order chi connectivity index (χ1) is 9.16. The van der Waals surface area contributed by atoms with Crippen molar-refractivity contribution in [1.82, 2.24) is 9.78 Å². The second-order valence-corrected chi connectivity index (χ2v) is 4.77. The summed E-state index contributed by atoms with van der Waals surface area (Å²) >= 11 is 0. The number of para-hydroxylation sites is 1. The van der Waals surface area contributed by atoms with Gasteiger partial charge in [0.2, 0.25) is 0 Å². The summed E-state index contributed by atoms with van der Waals surface area (Å²) in [5, 5.41) is 4.16. The third-order valence-electron chi connectivity index (χ3n) is 3.49. The first-order valence-corrected chi connectivity index (χ1v) is 6.36. The van der Waals surface area contributed by atoms with Gasteiger partial charge in [-0.25, -0.2) is 0 Å². The minimum absolute atomic E-state index is 0.0838. The molecule has 1 aliphatic rings. The molecule has 0 saturated heterocycles. The van der Waals surface area contributed by atoms with Crippen LogP contribution in [-0.2, 0) is 13.5 Å². The van der Waals surface area contributed by atoms with Gasteiger partial charge in [0.1, 0.15) is 5.82 Å². The first kappa shape index (κ1) is 11.8. The Morgan fingerprint density at radius 1 is 1.37 bits per heavy atom. The number of rotatable bonds is 1. The van der Waals surface area contributed by atoms with Gasteiger partial charge in [0, 0.05) is 25.3 Å². The summed E-state index contributed by atoms with van der Waals surface area (Å²) in [4.78, 5) is 14.3. The van der Waals surface area contributed by atoms with E-state index in [4.69, 9.17) is 5.73 Å². The Morgan fingerprint density at radius 2 is 2.16 bits per heavy atom. The van der Waals surface area contributed by atoms with Crippen molar-refractivity contribution in [1.29, 1.82) is 0 Å². The lowest BCUT2D eigenvalue weighted by Crippen LogP contribution is -2.35.